The maximum absolute atomic E-state index is 12.9. The van der Waals surface area contributed by atoms with Crippen LogP contribution in [0.3, 0.4) is 0 Å². The number of thiophene rings is 1. The Balaban J connectivity index is 1.48. The largest absolute Gasteiger partial charge is 0.338 e. The van der Waals surface area contributed by atoms with Crippen LogP contribution in [0.15, 0.2) is 5.38 Å². The predicted molar refractivity (Wildman–Crippen MR) is 90.1 cm³/mol. The van der Waals surface area contributed by atoms with Crippen LogP contribution in [0.1, 0.15) is 47.0 Å². The summed E-state index contributed by atoms with van der Waals surface area (Å²) in [4.78, 5) is 39.5. The third kappa shape index (κ3) is 2.42. The van der Waals surface area contributed by atoms with Crippen molar-refractivity contribution in [3.63, 3.8) is 0 Å². The van der Waals surface area contributed by atoms with Gasteiger partial charge in [0.25, 0.3) is 11.8 Å². The summed E-state index contributed by atoms with van der Waals surface area (Å²) in [6.45, 7) is 3.25. The van der Waals surface area contributed by atoms with E-state index in [1.54, 1.807) is 11.3 Å². The number of likely N-dealkylation sites (tertiary alicyclic amines) is 1. The van der Waals surface area contributed by atoms with Crippen molar-refractivity contribution in [3.8, 4) is 0 Å². The van der Waals surface area contributed by atoms with Gasteiger partial charge in [-0.3, -0.25) is 14.9 Å². The number of carbonyl (C=O) groups excluding carboxylic acids is 3. The smallest absolute Gasteiger partial charge is 0.322 e. The quantitative estimate of drug-likeness (QED) is 0.759. The molecule has 2 N–H and O–H groups in total. The molecule has 24 heavy (non-hydrogen) atoms. The zero-order valence-corrected chi connectivity index (χ0v) is 14.5. The fourth-order valence-corrected chi connectivity index (χ4v) is 5.24. The van der Waals surface area contributed by atoms with Gasteiger partial charge in [0, 0.05) is 23.3 Å². The summed E-state index contributed by atoms with van der Waals surface area (Å²) in [7, 11) is 0. The van der Waals surface area contributed by atoms with Gasteiger partial charge in [0.1, 0.15) is 5.54 Å². The van der Waals surface area contributed by atoms with E-state index in [9.17, 15) is 14.4 Å². The van der Waals surface area contributed by atoms with Crippen LogP contribution in [0, 0.1) is 5.92 Å². The highest BCUT2D eigenvalue weighted by atomic mass is 32.1. The van der Waals surface area contributed by atoms with Crippen LogP contribution in [0.5, 0.6) is 0 Å². The summed E-state index contributed by atoms with van der Waals surface area (Å²) in [5.41, 5.74) is 1.25. The minimum absolute atomic E-state index is 0.0710. The van der Waals surface area contributed by atoms with Crippen LogP contribution in [-0.2, 0) is 17.6 Å². The molecule has 6 nitrogen and oxygen atoms in total. The number of carbonyl (C=O) groups is 3. The molecule has 2 fully saturated rings. The number of hydrogen-bond donors (Lipinski definition) is 2. The van der Waals surface area contributed by atoms with Crippen LogP contribution in [0.25, 0.3) is 0 Å². The van der Waals surface area contributed by atoms with Crippen molar-refractivity contribution in [1.29, 1.82) is 0 Å². The second-order valence-electron chi connectivity index (χ2n) is 7.18. The Labute approximate surface area is 144 Å². The number of piperidine rings is 1. The molecule has 3 aliphatic rings. The minimum Gasteiger partial charge on any atom is -0.338 e. The molecule has 4 rings (SSSR count). The molecule has 2 aliphatic heterocycles. The lowest BCUT2D eigenvalue weighted by Gasteiger charge is -2.37. The van der Waals surface area contributed by atoms with E-state index in [4.69, 9.17) is 0 Å². The Morgan fingerprint density at radius 2 is 2.08 bits per heavy atom. The summed E-state index contributed by atoms with van der Waals surface area (Å²) >= 11 is 1.70. The first-order valence-electron chi connectivity index (χ1n) is 8.50. The highest BCUT2D eigenvalue weighted by molar-refractivity contribution is 7.10. The molecule has 2 saturated heterocycles. The first-order valence-corrected chi connectivity index (χ1v) is 9.38. The summed E-state index contributed by atoms with van der Waals surface area (Å²) in [6, 6.07) is -0.430. The third-order valence-corrected chi connectivity index (χ3v) is 6.60. The fraction of sp³-hybridized carbons (Fsp3) is 0.588. The van der Waals surface area contributed by atoms with Gasteiger partial charge < -0.3 is 10.2 Å². The van der Waals surface area contributed by atoms with E-state index in [0.717, 1.165) is 24.8 Å². The fourth-order valence-electron chi connectivity index (χ4n) is 4.00. The second kappa shape index (κ2) is 5.58. The molecule has 0 bridgehead atoms. The topological polar surface area (TPSA) is 78.5 Å². The molecule has 0 saturated carbocycles. The van der Waals surface area contributed by atoms with E-state index in [1.807, 2.05) is 10.3 Å². The number of hydrogen-bond acceptors (Lipinski definition) is 4. The van der Waals surface area contributed by atoms with E-state index in [-0.39, 0.29) is 11.8 Å². The van der Waals surface area contributed by atoms with E-state index >= 15 is 0 Å². The summed E-state index contributed by atoms with van der Waals surface area (Å²) in [5.74, 6) is 0.501. The van der Waals surface area contributed by atoms with Crippen LogP contribution >= 0.6 is 11.3 Å². The van der Waals surface area contributed by atoms with Gasteiger partial charge in [-0.25, -0.2) is 4.79 Å². The lowest BCUT2D eigenvalue weighted by atomic mass is 9.86. The molecule has 1 spiro atoms. The normalized spacial score (nSPS) is 25.4. The molecule has 4 amide bonds. The Hall–Kier alpha value is -1.89. The van der Waals surface area contributed by atoms with Gasteiger partial charge in [0.15, 0.2) is 0 Å². The van der Waals surface area contributed by atoms with Crippen molar-refractivity contribution in [2.75, 3.05) is 13.1 Å². The molecule has 1 aromatic rings. The molecule has 3 heterocycles. The Bertz CT molecular complexity index is 719. The molecule has 1 aliphatic carbocycles. The van der Waals surface area contributed by atoms with E-state index in [1.165, 1.54) is 10.4 Å². The number of nitrogens with zero attached hydrogens (tertiary/aromatic N) is 1. The molecular weight excluding hydrogens is 326 g/mol. The minimum atomic E-state index is -0.822. The first-order chi connectivity index (χ1) is 11.5. The lowest BCUT2D eigenvalue weighted by molar-refractivity contribution is -0.125. The van der Waals surface area contributed by atoms with Crippen molar-refractivity contribution >= 4 is 29.2 Å². The maximum atomic E-state index is 12.9. The van der Waals surface area contributed by atoms with Crippen molar-refractivity contribution < 1.29 is 14.4 Å². The number of amides is 4. The monoisotopic (exact) mass is 347 g/mol. The van der Waals surface area contributed by atoms with E-state index in [0.29, 0.717) is 31.8 Å². The number of fused-ring (bicyclic) bond motifs is 1. The summed E-state index contributed by atoms with van der Waals surface area (Å²) < 4.78 is 0. The first kappa shape index (κ1) is 15.6. The van der Waals surface area contributed by atoms with Gasteiger partial charge in [0.2, 0.25) is 0 Å². The summed E-state index contributed by atoms with van der Waals surface area (Å²) in [5, 5.41) is 7.04. The van der Waals surface area contributed by atoms with Crippen LogP contribution in [0.4, 0.5) is 4.79 Å². The standard InChI is InChI=1S/C17H21N3O3S/c1-10-2-3-11-12(9-24-13(11)8-10)14(21)20-6-4-17(5-7-20)15(22)18-16(23)19-17/h9-10H,2-8H2,1H3,(H2,18,19,22,23)/t10-/m1/s1. The molecule has 7 heteroatoms. The van der Waals surface area contributed by atoms with Gasteiger partial charge >= 0.3 is 6.03 Å². The Kier molecular flexibility index (Phi) is 3.63. The van der Waals surface area contributed by atoms with Gasteiger partial charge in [-0.15, -0.1) is 11.3 Å². The average molecular weight is 347 g/mol. The van der Waals surface area contributed by atoms with Gasteiger partial charge in [-0.05, 0) is 43.6 Å². The third-order valence-electron chi connectivity index (χ3n) is 5.55. The molecule has 0 unspecified atom stereocenters. The van der Waals surface area contributed by atoms with Gasteiger partial charge in [-0.2, -0.15) is 0 Å². The lowest BCUT2D eigenvalue weighted by Crippen LogP contribution is -2.55. The van der Waals surface area contributed by atoms with Gasteiger partial charge in [-0.1, -0.05) is 6.92 Å². The predicted octanol–water partition coefficient (Wildman–Crippen LogP) is 1.69. The van der Waals surface area contributed by atoms with Crippen molar-refractivity contribution in [1.82, 2.24) is 15.5 Å². The molecule has 1 aromatic heterocycles. The molecule has 0 radical (unpaired) electrons. The number of rotatable bonds is 1. The Morgan fingerprint density at radius 1 is 1.33 bits per heavy atom. The van der Waals surface area contributed by atoms with E-state index in [2.05, 4.69) is 17.6 Å². The van der Waals surface area contributed by atoms with Crippen molar-refractivity contribution in [3.05, 3.63) is 21.4 Å². The SMILES string of the molecule is C[C@@H]1CCc2c(C(=O)N3CCC4(CC3)NC(=O)NC4=O)csc2C1. The zero-order chi connectivity index (χ0) is 16.9. The number of urea groups is 1. The molecule has 0 aromatic carbocycles. The van der Waals surface area contributed by atoms with Crippen LogP contribution < -0.4 is 10.6 Å². The maximum Gasteiger partial charge on any atom is 0.322 e. The average Bonchev–Trinajstić information content (AvgIpc) is 3.08. The van der Waals surface area contributed by atoms with E-state index < -0.39 is 11.6 Å². The van der Waals surface area contributed by atoms with Crippen LogP contribution in [0.2, 0.25) is 0 Å². The van der Waals surface area contributed by atoms with Crippen molar-refractivity contribution in [2.45, 2.75) is 44.6 Å². The molecule has 128 valence electrons. The molecule has 1 atom stereocenters. The summed E-state index contributed by atoms with van der Waals surface area (Å²) in [6.07, 6.45) is 4.14. The second-order valence-corrected chi connectivity index (χ2v) is 8.15. The number of nitrogens with one attached hydrogen (secondary N) is 2. The van der Waals surface area contributed by atoms with Gasteiger partial charge in [0.05, 0.1) is 5.56 Å². The highest BCUT2D eigenvalue weighted by Gasteiger charge is 2.48. The zero-order valence-electron chi connectivity index (χ0n) is 13.7. The van der Waals surface area contributed by atoms with Crippen LogP contribution in [-0.4, -0.2) is 41.4 Å². The van der Waals surface area contributed by atoms with Crippen molar-refractivity contribution in [2.24, 2.45) is 5.92 Å². The number of imide groups is 1. The highest BCUT2D eigenvalue weighted by Crippen LogP contribution is 2.34. The molecular formula is C17H21N3O3S. The Morgan fingerprint density at radius 3 is 2.75 bits per heavy atom.